The first kappa shape index (κ1) is 11.0. The first-order chi connectivity index (χ1) is 8.81. The van der Waals surface area contributed by atoms with Crippen molar-refractivity contribution in [2.75, 3.05) is 11.9 Å². The molecule has 1 aliphatic rings. The summed E-state index contributed by atoms with van der Waals surface area (Å²) in [6.07, 6.45) is 1.09. The number of aromatic hydroxyl groups is 1. The molecule has 3 rings (SSSR count). The SMILES string of the molecule is Oc1ccc(OCc2ccc3c(c2)CCN3)cc1. The topological polar surface area (TPSA) is 41.5 Å². The van der Waals surface area contributed by atoms with Crippen LogP contribution in [0.5, 0.6) is 11.5 Å². The summed E-state index contributed by atoms with van der Waals surface area (Å²) in [5.41, 5.74) is 3.77. The number of fused-ring (bicyclic) bond motifs is 1. The summed E-state index contributed by atoms with van der Waals surface area (Å²) < 4.78 is 5.68. The van der Waals surface area contributed by atoms with E-state index in [1.807, 2.05) is 0 Å². The molecule has 0 radical (unpaired) electrons. The molecule has 0 aromatic heterocycles. The minimum absolute atomic E-state index is 0.256. The van der Waals surface area contributed by atoms with Crippen LogP contribution in [0.25, 0.3) is 0 Å². The lowest BCUT2D eigenvalue weighted by molar-refractivity contribution is 0.305. The van der Waals surface area contributed by atoms with Gasteiger partial charge in [0.05, 0.1) is 0 Å². The van der Waals surface area contributed by atoms with Crippen LogP contribution in [0.15, 0.2) is 42.5 Å². The molecule has 0 unspecified atom stereocenters. The fraction of sp³-hybridized carbons (Fsp3) is 0.200. The zero-order valence-electron chi connectivity index (χ0n) is 10.0. The largest absolute Gasteiger partial charge is 0.508 e. The smallest absolute Gasteiger partial charge is 0.120 e. The second-order valence-corrected chi connectivity index (χ2v) is 4.45. The van der Waals surface area contributed by atoms with E-state index in [4.69, 9.17) is 4.74 Å². The van der Waals surface area contributed by atoms with Gasteiger partial charge in [-0.3, -0.25) is 0 Å². The van der Waals surface area contributed by atoms with Gasteiger partial charge < -0.3 is 15.2 Å². The highest BCUT2D eigenvalue weighted by molar-refractivity contribution is 5.56. The normalized spacial score (nSPS) is 12.9. The van der Waals surface area contributed by atoms with Gasteiger partial charge in [0, 0.05) is 12.2 Å². The van der Waals surface area contributed by atoms with Crippen molar-refractivity contribution in [1.82, 2.24) is 0 Å². The van der Waals surface area contributed by atoms with Crippen molar-refractivity contribution >= 4 is 5.69 Å². The molecule has 1 aliphatic heterocycles. The monoisotopic (exact) mass is 241 g/mol. The van der Waals surface area contributed by atoms with Crippen molar-refractivity contribution in [2.24, 2.45) is 0 Å². The highest BCUT2D eigenvalue weighted by Gasteiger charge is 2.09. The quantitative estimate of drug-likeness (QED) is 0.868. The number of hydrogen-bond acceptors (Lipinski definition) is 3. The molecule has 18 heavy (non-hydrogen) atoms. The van der Waals surface area contributed by atoms with Gasteiger partial charge in [-0.2, -0.15) is 0 Å². The molecule has 2 N–H and O–H groups in total. The number of benzene rings is 2. The third-order valence-electron chi connectivity index (χ3n) is 3.12. The van der Waals surface area contributed by atoms with Crippen LogP contribution in [-0.2, 0) is 13.0 Å². The maximum Gasteiger partial charge on any atom is 0.120 e. The van der Waals surface area contributed by atoms with Crippen molar-refractivity contribution < 1.29 is 9.84 Å². The molecule has 2 aromatic carbocycles. The summed E-state index contributed by atoms with van der Waals surface area (Å²) in [4.78, 5) is 0. The maximum absolute atomic E-state index is 9.19. The zero-order chi connectivity index (χ0) is 12.4. The van der Waals surface area contributed by atoms with E-state index in [0.717, 1.165) is 18.7 Å². The third kappa shape index (κ3) is 2.25. The van der Waals surface area contributed by atoms with Crippen molar-refractivity contribution in [3.63, 3.8) is 0 Å². The van der Waals surface area contributed by atoms with Gasteiger partial charge in [0.1, 0.15) is 18.1 Å². The summed E-state index contributed by atoms with van der Waals surface area (Å²) in [5.74, 6) is 1.03. The van der Waals surface area contributed by atoms with Crippen molar-refractivity contribution in [3.05, 3.63) is 53.6 Å². The molecule has 1 heterocycles. The number of phenolic OH excluding ortho intramolecular Hbond substituents is 1. The van der Waals surface area contributed by atoms with E-state index in [1.54, 1.807) is 24.3 Å². The molecule has 0 saturated heterocycles. The van der Waals surface area contributed by atoms with Gasteiger partial charge in [-0.15, -0.1) is 0 Å². The highest BCUT2D eigenvalue weighted by Crippen LogP contribution is 2.24. The van der Waals surface area contributed by atoms with E-state index >= 15 is 0 Å². The van der Waals surface area contributed by atoms with Crippen LogP contribution < -0.4 is 10.1 Å². The van der Waals surface area contributed by atoms with E-state index in [1.165, 1.54) is 16.8 Å². The van der Waals surface area contributed by atoms with E-state index in [9.17, 15) is 5.11 Å². The fourth-order valence-corrected chi connectivity index (χ4v) is 2.16. The van der Waals surface area contributed by atoms with Gasteiger partial charge in [0.2, 0.25) is 0 Å². The van der Waals surface area contributed by atoms with Crippen LogP contribution in [0, 0.1) is 0 Å². The number of anilines is 1. The molecule has 2 aromatic rings. The fourth-order valence-electron chi connectivity index (χ4n) is 2.16. The van der Waals surface area contributed by atoms with Gasteiger partial charge in [0.15, 0.2) is 0 Å². The van der Waals surface area contributed by atoms with Crippen molar-refractivity contribution in [1.29, 1.82) is 0 Å². The van der Waals surface area contributed by atoms with E-state index in [0.29, 0.717) is 6.61 Å². The van der Waals surface area contributed by atoms with Crippen LogP contribution in [-0.4, -0.2) is 11.7 Å². The number of hydrogen-bond donors (Lipinski definition) is 2. The Morgan fingerprint density at radius 1 is 1.11 bits per heavy atom. The Balaban J connectivity index is 1.68. The minimum atomic E-state index is 0.256. The van der Waals surface area contributed by atoms with Crippen LogP contribution in [0.2, 0.25) is 0 Å². The summed E-state index contributed by atoms with van der Waals surface area (Å²) >= 11 is 0. The summed E-state index contributed by atoms with van der Waals surface area (Å²) in [6, 6.07) is 13.2. The molecule has 3 heteroatoms. The Bertz CT molecular complexity index is 549. The molecule has 0 bridgehead atoms. The van der Waals surface area contributed by atoms with Crippen molar-refractivity contribution in [3.8, 4) is 11.5 Å². The number of rotatable bonds is 3. The second kappa shape index (κ2) is 4.61. The molecular weight excluding hydrogens is 226 g/mol. The van der Waals surface area contributed by atoms with Crippen LogP contribution >= 0.6 is 0 Å². The molecule has 0 atom stereocenters. The van der Waals surface area contributed by atoms with E-state index in [2.05, 4.69) is 23.5 Å². The van der Waals surface area contributed by atoms with Crippen LogP contribution in [0.3, 0.4) is 0 Å². The summed E-state index contributed by atoms with van der Waals surface area (Å²) in [6.45, 7) is 1.58. The summed E-state index contributed by atoms with van der Waals surface area (Å²) in [5, 5.41) is 12.5. The van der Waals surface area contributed by atoms with E-state index in [-0.39, 0.29) is 5.75 Å². The van der Waals surface area contributed by atoms with Gasteiger partial charge in [-0.05, 0) is 47.9 Å². The summed E-state index contributed by atoms with van der Waals surface area (Å²) in [7, 11) is 0. The lowest BCUT2D eigenvalue weighted by atomic mass is 10.1. The minimum Gasteiger partial charge on any atom is -0.508 e. The molecular formula is C15H15NO2. The highest BCUT2D eigenvalue weighted by atomic mass is 16.5. The zero-order valence-corrected chi connectivity index (χ0v) is 10.0. The van der Waals surface area contributed by atoms with Crippen LogP contribution in [0.1, 0.15) is 11.1 Å². The van der Waals surface area contributed by atoms with E-state index < -0.39 is 0 Å². The maximum atomic E-state index is 9.19. The Kier molecular flexibility index (Phi) is 2.81. The first-order valence-corrected chi connectivity index (χ1v) is 6.09. The Morgan fingerprint density at radius 2 is 1.94 bits per heavy atom. The number of nitrogens with one attached hydrogen (secondary N) is 1. The van der Waals surface area contributed by atoms with Gasteiger partial charge >= 0.3 is 0 Å². The molecule has 0 fully saturated rings. The third-order valence-corrected chi connectivity index (χ3v) is 3.12. The molecule has 3 nitrogen and oxygen atoms in total. The predicted molar refractivity (Wildman–Crippen MR) is 71.1 cm³/mol. The second-order valence-electron chi connectivity index (χ2n) is 4.45. The molecule has 92 valence electrons. The predicted octanol–water partition coefficient (Wildman–Crippen LogP) is 2.94. The molecule has 0 aliphatic carbocycles. The van der Waals surface area contributed by atoms with Crippen molar-refractivity contribution in [2.45, 2.75) is 13.0 Å². The molecule has 0 saturated carbocycles. The van der Waals surface area contributed by atoms with Gasteiger partial charge in [-0.25, -0.2) is 0 Å². The van der Waals surface area contributed by atoms with Gasteiger partial charge in [0.25, 0.3) is 0 Å². The Hall–Kier alpha value is -2.16. The van der Waals surface area contributed by atoms with Crippen LogP contribution in [0.4, 0.5) is 5.69 Å². The van der Waals surface area contributed by atoms with Gasteiger partial charge in [-0.1, -0.05) is 12.1 Å². The average molecular weight is 241 g/mol. The first-order valence-electron chi connectivity index (χ1n) is 6.09. The molecule has 0 spiro atoms. The number of phenols is 1. The Labute approximate surface area is 106 Å². The lowest BCUT2D eigenvalue weighted by Gasteiger charge is -2.08. The number of ether oxygens (including phenoxy) is 1. The Morgan fingerprint density at radius 3 is 2.78 bits per heavy atom. The lowest BCUT2D eigenvalue weighted by Crippen LogP contribution is -1.96. The average Bonchev–Trinajstić information content (AvgIpc) is 2.85. The molecule has 0 amide bonds. The standard InChI is InChI=1S/C15H15NO2/c17-13-2-4-14(5-3-13)18-10-11-1-6-15-12(9-11)7-8-16-15/h1-6,9,16-17H,7-8,10H2.